The molecular weight excluding hydrogens is 420 g/mol. The number of carbonyl (C=O) groups excluding carboxylic acids is 1. The van der Waals surface area contributed by atoms with E-state index in [2.05, 4.69) is 25.7 Å². The van der Waals surface area contributed by atoms with Crippen LogP contribution in [0.3, 0.4) is 0 Å². The van der Waals surface area contributed by atoms with Crippen LogP contribution < -0.4 is 5.56 Å². The Hall–Kier alpha value is -1.57. The first kappa shape index (κ1) is 23.1. The molecule has 2 heterocycles. The van der Waals surface area contributed by atoms with E-state index in [1.807, 2.05) is 11.8 Å². The minimum absolute atomic E-state index is 0.0731. The molecule has 0 spiro atoms. The second-order valence-corrected chi connectivity index (χ2v) is 9.96. The quantitative estimate of drug-likeness (QED) is 0.475. The maximum absolute atomic E-state index is 13.2. The van der Waals surface area contributed by atoms with Gasteiger partial charge in [-0.3, -0.25) is 14.2 Å². The van der Waals surface area contributed by atoms with Crippen molar-refractivity contribution in [2.45, 2.75) is 51.1 Å². The lowest BCUT2D eigenvalue weighted by Crippen LogP contribution is -2.50. The van der Waals surface area contributed by atoms with E-state index in [9.17, 15) is 9.59 Å². The summed E-state index contributed by atoms with van der Waals surface area (Å²) in [6.07, 6.45) is 0.871. The maximum Gasteiger partial charge on any atom is 0.262 e. The van der Waals surface area contributed by atoms with Crippen molar-refractivity contribution in [3.63, 3.8) is 0 Å². The fourth-order valence-corrected chi connectivity index (χ4v) is 4.78. The van der Waals surface area contributed by atoms with E-state index in [0.29, 0.717) is 33.5 Å². The van der Waals surface area contributed by atoms with Gasteiger partial charge >= 0.3 is 0 Å². The lowest BCUT2D eigenvalue weighted by molar-refractivity contribution is -0.132. The molecule has 3 rings (SSSR count). The van der Waals surface area contributed by atoms with E-state index in [1.165, 1.54) is 11.8 Å². The molecule has 164 valence electrons. The van der Waals surface area contributed by atoms with Gasteiger partial charge in [0, 0.05) is 37.7 Å². The zero-order valence-electron chi connectivity index (χ0n) is 18.2. The van der Waals surface area contributed by atoms with Crippen molar-refractivity contribution in [2.75, 3.05) is 32.7 Å². The molecule has 1 unspecified atom stereocenters. The lowest BCUT2D eigenvalue weighted by atomic mass is 10.1. The van der Waals surface area contributed by atoms with E-state index in [0.717, 1.165) is 39.1 Å². The normalized spacial score (nSPS) is 16.4. The van der Waals surface area contributed by atoms with Crippen LogP contribution in [0.1, 0.15) is 34.1 Å². The molecule has 0 saturated carbocycles. The van der Waals surface area contributed by atoms with Gasteiger partial charge in [0.2, 0.25) is 5.91 Å². The largest absolute Gasteiger partial charge is 0.339 e. The first-order chi connectivity index (χ1) is 14.3. The molecule has 30 heavy (non-hydrogen) atoms. The average molecular weight is 451 g/mol. The number of halogens is 1. The van der Waals surface area contributed by atoms with Gasteiger partial charge in [-0.2, -0.15) is 0 Å². The third-order valence-electron chi connectivity index (χ3n) is 5.57. The Labute approximate surface area is 187 Å². The number of benzene rings is 1. The number of aromatic nitrogens is 2. The van der Waals surface area contributed by atoms with Gasteiger partial charge in [0.1, 0.15) is 0 Å². The molecular formula is C22H31ClN4O2S. The Morgan fingerprint density at radius 2 is 1.90 bits per heavy atom. The van der Waals surface area contributed by atoms with E-state index in [4.69, 9.17) is 16.6 Å². The first-order valence-electron chi connectivity index (χ1n) is 10.7. The van der Waals surface area contributed by atoms with Gasteiger partial charge < -0.3 is 9.80 Å². The molecule has 1 aliphatic rings. The monoisotopic (exact) mass is 450 g/mol. The Morgan fingerprint density at radius 1 is 1.20 bits per heavy atom. The molecule has 1 aliphatic heterocycles. The minimum atomic E-state index is -0.313. The standard InChI is InChI=1S/C22H31ClN4O2S/c1-5-25-10-12-26(13-11-25)20(28)16(4)30-22-24-19-14-17(23)6-7-18(19)21(29)27(22)9-8-15(2)3/h6-7,14-16H,5,8-13H2,1-4H3. The predicted octanol–water partition coefficient (Wildman–Crippen LogP) is 3.74. The highest BCUT2D eigenvalue weighted by Gasteiger charge is 2.26. The van der Waals surface area contributed by atoms with Crippen LogP contribution in [-0.4, -0.2) is 63.2 Å². The third kappa shape index (κ3) is 5.37. The highest BCUT2D eigenvalue weighted by Crippen LogP contribution is 2.26. The molecule has 1 aromatic heterocycles. The summed E-state index contributed by atoms with van der Waals surface area (Å²) in [7, 11) is 0. The molecule has 6 nitrogen and oxygen atoms in total. The fraction of sp³-hybridized carbons (Fsp3) is 0.591. The number of fused-ring (bicyclic) bond motifs is 1. The van der Waals surface area contributed by atoms with Crippen LogP contribution in [0.25, 0.3) is 10.9 Å². The van der Waals surface area contributed by atoms with Gasteiger partial charge in [0.15, 0.2) is 5.16 Å². The predicted molar refractivity (Wildman–Crippen MR) is 124 cm³/mol. The number of hydrogen-bond donors (Lipinski definition) is 0. The number of nitrogens with zero attached hydrogens (tertiary/aromatic N) is 4. The number of likely N-dealkylation sites (N-methyl/N-ethyl adjacent to an activating group) is 1. The third-order valence-corrected chi connectivity index (χ3v) is 6.89. The molecule has 2 aromatic rings. The topological polar surface area (TPSA) is 58.4 Å². The van der Waals surface area contributed by atoms with Crippen LogP contribution in [0.15, 0.2) is 28.2 Å². The molecule has 0 N–H and O–H groups in total. The van der Waals surface area contributed by atoms with Gasteiger partial charge in [-0.1, -0.05) is 44.1 Å². The van der Waals surface area contributed by atoms with Crippen molar-refractivity contribution in [2.24, 2.45) is 5.92 Å². The van der Waals surface area contributed by atoms with Crippen LogP contribution in [0.2, 0.25) is 5.02 Å². The van der Waals surface area contributed by atoms with Crippen LogP contribution in [0.5, 0.6) is 0 Å². The van der Waals surface area contributed by atoms with Crippen LogP contribution in [0, 0.1) is 5.92 Å². The van der Waals surface area contributed by atoms with Gasteiger partial charge in [-0.05, 0) is 44.0 Å². The zero-order valence-corrected chi connectivity index (χ0v) is 19.8. The molecule has 1 atom stereocenters. The smallest absolute Gasteiger partial charge is 0.262 e. The van der Waals surface area contributed by atoms with Gasteiger partial charge in [0.05, 0.1) is 16.2 Å². The van der Waals surface area contributed by atoms with Gasteiger partial charge in [-0.15, -0.1) is 0 Å². The molecule has 0 bridgehead atoms. The van der Waals surface area contributed by atoms with Crippen molar-refractivity contribution in [1.29, 1.82) is 0 Å². The average Bonchev–Trinajstić information content (AvgIpc) is 2.72. The van der Waals surface area contributed by atoms with Crippen LogP contribution in [0.4, 0.5) is 0 Å². The Kier molecular flexibility index (Phi) is 7.82. The zero-order chi connectivity index (χ0) is 21.8. The van der Waals surface area contributed by atoms with Crippen molar-refractivity contribution < 1.29 is 4.79 Å². The molecule has 1 saturated heterocycles. The summed E-state index contributed by atoms with van der Waals surface area (Å²) in [5.41, 5.74) is 0.503. The second-order valence-electron chi connectivity index (χ2n) is 8.21. The van der Waals surface area contributed by atoms with Gasteiger partial charge in [0.25, 0.3) is 5.56 Å². The number of amides is 1. The summed E-state index contributed by atoms with van der Waals surface area (Å²) in [5, 5.41) is 1.38. The molecule has 0 radical (unpaired) electrons. The van der Waals surface area contributed by atoms with Gasteiger partial charge in [-0.25, -0.2) is 4.98 Å². The van der Waals surface area contributed by atoms with E-state index in [-0.39, 0.29) is 16.7 Å². The minimum Gasteiger partial charge on any atom is -0.339 e. The van der Waals surface area contributed by atoms with Crippen LogP contribution >= 0.6 is 23.4 Å². The highest BCUT2D eigenvalue weighted by atomic mass is 35.5. The summed E-state index contributed by atoms with van der Waals surface area (Å²) in [4.78, 5) is 35.2. The second kappa shape index (κ2) is 10.2. The number of hydrogen-bond acceptors (Lipinski definition) is 5. The van der Waals surface area contributed by atoms with Crippen molar-refractivity contribution in [3.8, 4) is 0 Å². The number of carbonyl (C=O) groups is 1. The SMILES string of the molecule is CCN1CCN(C(=O)C(C)Sc2nc3cc(Cl)ccc3c(=O)n2CCC(C)C)CC1. The van der Waals surface area contributed by atoms with Crippen molar-refractivity contribution in [3.05, 3.63) is 33.6 Å². The molecule has 0 aliphatic carbocycles. The highest BCUT2D eigenvalue weighted by molar-refractivity contribution is 8.00. The summed E-state index contributed by atoms with van der Waals surface area (Å²) >= 11 is 7.50. The van der Waals surface area contributed by atoms with E-state index < -0.39 is 0 Å². The fourth-order valence-electron chi connectivity index (χ4n) is 3.60. The molecule has 1 amide bonds. The molecule has 8 heteroatoms. The summed E-state index contributed by atoms with van der Waals surface area (Å²) < 4.78 is 1.72. The number of thioether (sulfide) groups is 1. The molecule has 1 aromatic carbocycles. The van der Waals surface area contributed by atoms with Crippen LogP contribution in [-0.2, 0) is 11.3 Å². The summed E-state index contributed by atoms with van der Waals surface area (Å²) in [6.45, 7) is 13.2. The lowest BCUT2D eigenvalue weighted by Gasteiger charge is -2.35. The summed E-state index contributed by atoms with van der Waals surface area (Å²) in [5.74, 6) is 0.566. The van der Waals surface area contributed by atoms with Crippen molar-refractivity contribution >= 4 is 40.2 Å². The Morgan fingerprint density at radius 3 is 2.53 bits per heavy atom. The Bertz CT molecular complexity index is 954. The number of rotatable bonds is 7. The number of piperazine rings is 1. The molecule has 1 fully saturated rings. The van der Waals surface area contributed by atoms with E-state index >= 15 is 0 Å². The van der Waals surface area contributed by atoms with Crippen molar-refractivity contribution in [1.82, 2.24) is 19.4 Å². The van der Waals surface area contributed by atoms with E-state index in [1.54, 1.807) is 22.8 Å². The Balaban J connectivity index is 1.86. The first-order valence-corrected chi connectivity index (χ1v) is 11.9. The maximum atomic E-state index is 13.2. The summed E-state index contributed by atoms with van der Waals surface area (Å²) in [6, 6.07) is 5.16.